The van der Waals surface area contributed by atoms with E-state index in [0.29, 0.717) is 0 Å². The third-order valence-corrected chi connectivity index (χ3v) is 2.56. The van der Waals surface area contributed by atoms with Gasteiger partial charge in [-0.15, -0.1) is 0 Å². The van der Waals surface area contributed by atoms with E-state index in [4.69, 9.17) is 9.47 Å². The first-order chi connectivity index (χ1) is 7.61. The molecule has 1 aromatic carbocycles. The molecular weight excluding hydrogens is 202 g/mol. The van der Waals surface area contributed by atoms with E-state index >= 15 is 0 Å². The third kappa shape index (κ3) is 2.47. The van der Waals surface area contributed by atoms with Crippen molar-refractivity contribution in [3.8, 4) is 11.5 Å². The molecule has 3 nitrogen and oxygen atoms in total. The Labute approximate surface area is 96.8 Å². The van der Waals surface area contributed by atoms with E-state index < -0.39 is 5.79 Å². The molecule has 0 amide bonds. The van der Waals surface area contributed by atoms with Gasteiger partial charge in [0.15, 0.2) is 11.5 Å². The number of hydrogen-bond donors (Lipinski definition) is 1. The summed E-state index contributed by atoms with van der Waals surface area (Å²) < 4.78 is 11.3. The Hall–Kier alpha value is -1.22. The van der Waals surface area contributed by atoms with E-state index in [1.807, 2.05) is 19.9 Å². The fourth-order valence-electron chi connectivity index (χ4n) is 1.83. The Morgan fingerprint density at radius 2 is 1.94 bits per heavy atom. The van der Waals surface area contributed by atoms with Crippen molar-refractivity contribution in [2.45, 2.75) is 33.0 Å². The number of ether oxygens (including phenoxy) is 2. The smallest absolute Gasteiger partial charge is 0.246 e. The number of nitrogens with one attached hydrogen (secondary N) is 1. The van der Waals surface area contributed by atoms with Crippen LogP contribution in [0.3, 0.4) is 0 Å². The lowest BCUT2D eigenvalue weighted by Crippen LogP contribution is -2.29. The quantitative estimate of drug-likeness (QED) is 0.792. The molecule has 0 bridgehead atoms. The summed E-state index contributed by atoms with van der Waals surface area (Å²) in [5, 5.41) is 3.31. The summed E-state index contributed by atoms with van der Waals surface area (Å²) in [6, 6.07) is 6.16. The first kappa shape index (κ1) is 11.3. The first-order valence-corrected chi connectivity index (χ1v) is 5.82. The first-order valence-electron chi connectivity index (χ1n) is 5.82. The fourth-order valence-corrected chi connectivity index (χ4v) is 1.83. The van der Waals surface area contributed by atoms with Crippen molar-refractivity contribution in [3.63, 3.8) is 0 Å². The molecule has 1 N–H and O–H groups in total. The highest BCUT2D eigenvalue weighted by molar-refractivity contribution is 5.45. The van der Waals surface area contributed by atoms with Crippen LogP contribution in [0.25, 0.3) is 0 Å². The largest absolute Gasteiger partial charge is 0.449 e. The number of rotatable bonds is 4. The summed E-state index contributed by atoms with van der Waals surface area (Å²) in [6.45, 7) is 7.97. The molecule has 1 aliphatic rings. The second kappa shape index (κ2) is 4.34. The number of hydrogen-bond acceptors (Lipinski definition) is 3. The lowest BCUT2D eigenvalue weighted by Gasteiger charge is -2.16. The maximum absolute atomic E-state index is 5.70. The Morgan fingerprint density at radius 3 is 2.69 bits per heavy atom. The molecule has 0 atom stereocenters. The van der Waals surface area contributed by atoms with Crippen LogP contribution in [0.1, 0.15) is 26.3 Å². The van der Waals surface area contributed by atoms with Crippen molar-refractivity contribution in [2.24, 2.45) is 0 Å². The Kier molecular flexibility index (Phi) is 3.06. The summed E-state index contributed by atoms with van der Waals surface area (Å²) >= 11 is 0. The standard InChI is InChI=1S/C13H19NO2/c1-4-14-8-7-10-5-6-11-12(9-10)16-13(2,3)15-11/h5-6,9,14H,4,7-8H2,1-3H3. The molecule has 1 aromatic rings. The van der Waals surface area contributed by atoms with Crippen LogP contribution in [0.2, 0.25) is 0 Å². The molecule has 1 heterocycles. The van der Waals surface area contributed by atoms with Crippen LogP contribution < -0.4 is 14.8 Å². The normalized spacial score (nSPS) is 16.4. The van der Waals surface area contributed by atoms with Crippen LogP contribution in [0, 0.1) is 0 Å². The SMILES string of the molecule is CCNCCc1ccc2c(c1)OC(C)(C)O2. The van der Waals surface area contributed by atoms with Gasteiger partial charge in [-0.3, -0.25) is 0 Å². The predicted octanol–water partition coefficient (Wildman–Crippen LogP) is 2.35. The lowest BCUT2D eigenvalue weighted by atomic mass is 10.1. The molecular formula is C13H19NO2. The minimum absolute atomic E-state index is 0.525. The van der Waals surface area contributed by atoms with Gasteiger partial charge in [-0.25, -0.2) is 0 Å². The molecule has 88 valence electrons. The van der Waals surface area contributed by atoms with Gasteiger partial charge in [0.1, 0.15) is 0 Å². The molecule has 0 spiro atoms. The van der Waals surface area contributed by atoms with E-state index in [-0.39, 0.29) is 0 Å². The van der Waals surface area contributed by atoms with E-state index in [2.05, 4.69) is 24.4 Å². The molecule has 0 aromatic heterocycles. The zero-order valence-corrected chi connectivity index (χ0v) is 10.2. The van der Waals surface area contributed by atoms with Crippen LogP contribution in [-0.4, -0.2) is 18.9 Å². The summed E-state index contributed by atoms with van der Waals surface area (Å²) in [5.74, 6) is 1.18. The van der Waals surface area contributed by atoms with E-state index in [1.165, 1.54) is 5.56 Å². The second-order valence-corrected chi connectivity index (χ2v) is 4.49. The Morgan fingerprint density at radius 1 is 1.19 bits per heavy atom. The number of benzene rings is 1. The minimum Gasteiger partial charge on any atom is -0.449 e. The van der Waals surface area contributed by atoms with Crippen LogP contribution in [0.15, 0.2) is 18.2 Å². The van der Waals surface area contributed by atoms with Gasteiger partial charge in [0.05, 0.1) is 0 Å². The Bertz CT molecular complexity index is 374. The van der Waals surface area contributed by atoms with Gasteiger partial charge in [0.2, 0.25) is 5.79 Å². The average Bonchev–Trinajstić information content (AvgIpc) is 2.51. The van der Waals surface area contributed by atoms with Crippen molar-refractivity contribution in [2.75, 3.05) is 13.1 Å². The highest BCUT2D eigenvalue weighted by Gasteiger charge is 2.31. The summed E-state index contributed by atoms with van der Waals surface area (Å²) in [6.07, 6.45) is 1.02. The Balaban J connectivity index is 2.04. The van der Waals surface area contributed by atoms with Crippen molar-refractivity contribution >= 4 is 0 Å². The zero-order valence-electron chi connectivity index (χ0n) is 10.2. The minimum atomic E-state index is -0.525. The highest BCUT2D eigenvalue weighted by Crippen LogP contribution is 2.39. The van der Waals surface area contributed by atoms with Crippen LogP contribution in [-0.2, 0) is 6.42 Å². The number of likely N-dealkylation sites (N-methyl/N-ethyl adjacent to an activating group) is 1. The molecule has 16 heavy (non-hydrogen) atoms. The highest BCUT2D eigenvalue weighted by atomic mass is 16.7. The summed E-state index contributed by atoms with van der Waals surface area (Å²) in [5.41, 5.74) is 1.28. The van der Waals surface area contributed by atoms with Crippen molar-refractivity contribution in [1.82, 2.24) is 5.32 Å². The molecule has 0 aliphatic carbocycles. The van der Waals surface area contributed by atoms with Crippen LogP contribution in [0.4, 0.5) is 0 Å². The zero-order chi connectivity index (χ0) is 11.6. The molecule has 0 fully saturated rings. The lowest BCUT2D eigenvalue weighted by molar-refractivity contribution is -0.0431. The molecule has 1 aliphatic heterocycles. The van der Waals surface area contributed by atoms with Crippen LogP contribution in [0.5, 0.6) is 11.5 Å². The second-order valence-electron chi connectivity index (χ2n) is 4.49. The van der Waals surface area contributed by atoms with Gasteiger partial charge in [0.25, 0.3) is 0 Å². The predicted molar refractivity (Wildman–Crippen MR) is 64.0 cm³/mol. The van der Waals surface area contributed by atoms with E-state index in [1.54, 1.807) is 0 Å². The molecule has 0 radical (unpaired) electrons. The van der Waals surface area contributed by atoms with E-state index in [9.17, 15) is 0 Å². The maximum Gasteiger partial charge on any atom is 0.246 e. The van der Waals surface area contributed by atoms with Crippen molar-refractivity contribution < 1.29 is 9.47 Å². The van der Waals surface area contributed by atoms with Gasteiger partial charge in [-0.1, -0.05) is 13.0 Å². The van der Waals surface area contributed by atoms with Gasteiger partial charge in [-0.2, -0.15) is 0 Å². The molecule has 3 heteroatoms. The van der Waals surface area contributed by atoms with Gasteiger partial charge in [0, 0.05) is 13.8 Å². The molecule has 0 saturated heterocycles. The maximum atomic E-state index is 5.70. The topological polar surface area (TPSA) is 30.5 Å². The molecule has 2 rings (SSSR count). The molecule has 0 saturated carbocycles. The van der Waals surface area contributed by atoms with Gasteiger partial charge in [-0.05, 0) is 37.2 Å². The van der Waals surface area contributed by atoms with Gasteiger partial charge < -0.3 is 14.8 Å². The van der Waals surface area contributed by atoms with Crippen LogP contribution >= 0.6 is 0 Å². The van der Waals surface area contributed by atoms with Crippen molar-refractivity contribution in [3.05, 3.63) is 23.8 Å². The monoisotopic (exact) mass is 221 g/mol. The van der Waals surface area contributed by atoms with Crippen molar-refractivity contribution in [1.29, 1.82) is 0 Å². The third-order valence-electron chi connectivity index (χ3n) is 2.56. The number of fused-ring (bicyclic) bond motifs is 1. The summed E-state index contributed by atoms with van der Waals surface area (Å²) in [7, 11) is 0. The average molecular weight is 221 g/mol. The summed E-state index contributed by atoms with van der Waals surface area (Å²) in [4.78, 5) is 0. The molecule has 0 unspecified atom stereocenters. The fraction of sp³-hybridized carbons (Fsp3) is 0.538. The van der Waals surface area contributed by atoms with Gasteiger partial charge >= 0.3 is 0 Å². The van der Waals surface area contributed by atoms with E-state index in [0.717, 1.165) is 31.0 Å².